The summed E-state index contributed by atoms with van der Waals surface area (Å²) in [5, 5.41) is 8.96. The third kappa shape index (κ3) is 1.62. The van der Waals surface area contributed by atoms with E-state index in [4.69, 9.17) is 5.26 Å². The Morgan fingerprint density at radius 3 is 2.83 bits per heavy atom. The Labute approximate surface area is 104 Å². The molecule has 0 N–H and O–H groups in total. The zero-order valence-electron chi connectivity index (χ0n) is 9.61. The van der Waals surface area contributed by atoms with Crippen LogP contribution >= 0.6 is 0 Å². The van der Waals surface area contributed by atoms with Crippen molar-refractivity contribution in [3.8, 4) is 17.5 Å². The molecular formula is C14H10N4. The SMILES string of the molecule is N#CCc1c(-c2ccccn2)nc2ccccn12. The molecule has 0 atom stereocenters. The van der Waals surface area contributed by atoms with Gasteiger partial charge in [-0.1, -0.05) is 12.1 Å². The third-order valence-corrected chi connectivity index (χ3v) is 2.78. The molecular weight excluding hydrogens is 224 g/mol. The Balaban J connectivity index is 2.29. The molecule has 0 unspecified atom stereocenters. The van der Waals surface area contributed by atoms with E-state index in [1.807, 2.05) is 47.0 Å². The molecule has 0 fully saturated rings. The summed E-state index contributed by atoms with van der Waals surface area (Å²) in [5.41, 5.74) is 3.30. The lowest BCUT2D eigenvalue weighted by Crippen LogP contribution is -1.93. The average molecular weight is 234 g/mol. The zero-order valence-corrected chi connectivity index (χ0v) is 9.61. The van der Waals surface area contributed by atoms with E-state index in [1.165, 1.54) is 0 Å². The van der Waals surface area contributed by atoms with Crippen molar-refractivity contribution >= 4 is 5.65 Å². The van der Waals surface area contributed by atoms with Crippen LogP contribution in [0.3, 0.4) is 0 Å². The van der Waals surface area contributed by atoms with Crippen LogP contribution in [0.15, 0.2) is 48.8 Å². The summed E-state index contributed by atoms with van der Waals surface area (Å²) in [4.78, 5) is 8.85. The molecule has 18 heavy (non-hydrogen) atoms. The molecule has 3 heterocycles. The van der Waals surface area contributed by atoms with Gasteiger partial charge in [0, 0.05) is 12.4 Å². The highest BCUT2D eigenvalue weighted by atomic mass is 15.0. The molecule has 0 saturated heterocycles. The van der Waals surface area contributed by atoms with Gasteiger partial charge in [-0.05, 0) is 24.3 Å². The van der Waals surface area contributed by atoms with Gasteiger partial charge in [0.25, 0.3) is 0 Å². The molecule has 0 radical (unpaired) electrons. The Hall–Kier alpha value is -2.67. The van der Waals surface area contributed by atoms with Gasteiger partial charge in [0.05, 0.1) is 23.9 Å². The van der Waals surface area contributed by atoms with E-state index < -0.39 is 0 Å². The van der Waals surface area contributed by atoms with E-state index >= 15 is 0 Å². The quantitative estimate of drug-likeness (QED) is 0.684. The van der Waals surface area contributed by atoms with E-state index in [0.29, 0.717) is 6.42 Å². The molecule has 0 aliphatic carbocycles. The second-order valence-corrected chi connectivity index (χ2v) is 3.89. The number of fused-ring (bicyclic) bond motifs is 1. The summed E-state index contributed by atoms with van der Waals surface area (Å²) in [6.45, 7) is 0. The number of hydrogen-bond donors (Lipinski definition) is 0. The van der Waals surface area contributed by atoms with E-state index in [2.05, 4.69) is 16.0 Å². The molecule has 0 aromatic carbocycles. The summed E-state index contributed by atoms with van der Waals surface area (Å²) in [5.74, 6) is 0. The van der Waals surface area contributed by atoms with Crippen LogP contribution < -0.4 is 0 Å². The first-order chi connectivity index (χ1) is 8.90. The molecule has 0 amide bonds. The minimum atomic E-state index is 0.317. The van der Waals surface area contributed by atoms with Crippen molar-refractivity contribution in [1.82, 2.24) is 14.4 Å². The second-order valence-electron chi connectivity index (χ2n) is 3.89. The van der Waals surface area contributed by atoms with Gasteiger partial charge in [-0.15, -0.1) is 0 Å². The van der Waals surface area contributed by atoms with Crippen LogP contribution in [0.25, 0.3) is 17.0 Å². The number of nitriles is 1. The Morgan fingerprint density at radius 1 is 1.17 bits per heavy atom. The molecule has 86 valence electrons. The fraction of sp³-hybridized carbons (Fsp3) is 0.0714. The molecule has 0 aliphatic heterocycles. The predicted octanol–water partition coefficient (Wildman–Crippen LogP) is 2.46. The lowest BCUT2D eigenvalue weighted by Gasteiger charge is -1.99. The van der Waals surface area contributed by atoms with Crippen LogP contribution in [0.5, 0.6) is 0 Å². The average Bonchev–Trinajstić information content (AvgIpc) is 2.80. The lowest BCUT2D eigenvalue weighted by atomic mass is 10.2. The first-order valence-corrected chi connectivity index (χ1v) is 5.64. The first-order valence-electron chi connectivity index (χ1n) is 5.64. The molecule has 4 nitrogen and oxygen atoms in total. The topological polar surface area (TPSA) is 54.0 Å². The fourth-order valence-corrected chi connectivity index (χ4v) is 2.00. The summed E-state index contributed by atoms with van der Waals surface area (Å²) in [6, 6.07) is 13.7. The summed E-state index contributed by atoms with van der Waals surface area (Å²) in [7, 11) is 0. The number of rotatable bonds is 2. The van der Waals surface area contributed by atoms with Gasteiger partial charge < -0.3 is 4.40 Å². The number of hydrogen-bond acceptors (Lipinski definition) is 3. The number of pyridine rings is 2. The van der Waals surface area contributed by atoms with Crippen LogP contribution in [-0.2, 0) is 6.42 Å². The molecule has 3 aromatic rings. The van der Waals surface area contributed by atoms with E-state index in [0.717, 1.165) is 22.7 Å². The van der Waals surface area contributed by atoms with Gasteiger partial charge >= 0.3 is 0 Å². The van der Waals surface area contributed by atoms with E-state index in [1.54, 1.807) is 6.20 Å². The monoisotopic (exact) mass is 234 g/mol. The molecule has 0 spiro atoms. The van der Waals surface area contributed by atoms with Crippen LogP contribution in [0, 0.1) is 11.3 Å². The molecule has 0 bridgehead atoms. The Kier molecular flexibility index (Phi) is 2.50. The first kappa shape index (κ1) is 10.5. The second kappa shape index (κ2) is 4.30. The molecule has 3 aromatic heterocycles. The largest absolute Gasteiger partial charge is 0.302 e. The Bertz CT molecular complexity index is 722. The molecule has 4 heteroatoms. The third-order valence-electron chi connectivity index (χ3n) is 2.78. The van der Waals surface area contributed by atoms with E-state index in [-0.39, 0.29) is 0 Å². The van der Waals surface area contributed by atoms with Gasteiger partial charge in [-0.3, -0.25) is 4.98 Å². The normalized spacial score (nSPS) is 10.4. The van der Waals surface area contributed by atoms with Crippen molar-refractivity contribution < 1.29 is 0 Å². The number of nitrogens with zero attached hydrogens (tertiary/aromatic N) is 4. The highest BCUT2D eigenvalue weighted by molar-refractivity contribution is 5.63. The number of aromatic nitrogens is 3. The van der Waals surface area contributed by atoms with Crippen LogP contribution in [-0.4, -0.2) is 14.4 Å². The van der Waals surface area contributed by atoms with Gasteiger partial charge in [0.15, 0.2) is 0 Å². The fourth-order valence-electron chi connectivity index (χ4n) is 2.00. The highest BCUT2D eigenvalue weighted by Crippen LogP contribution is 2.22. The molecule has 3 rings (SSSR count). The molecule has 0 aliphatic rings. The summed E-state index contributed by atoms with van der Waals surface area (Å²) < 4.78 is 1.94. The van der Waals surface area contributed by atoms with Gasteiger partial charge in [-0.25, -0.2) is 4.98 Å². The maximum atomic E-state index is 8.96. The minimum absolute atomic E-state index is 0.317. The Morgan fingerprint density at radius 2 is 2.06 bits per heavy atom. The standard InChI is InChI=1S/C14H10N4/c15-8-7-12-14(11-5-1-3-9-16-11)17-13-6-2-4-10-18(12)13/h1-6,9-10H,7H2. The highest BCUT2D eigenvalue weighted by Gasteiger charge is 2.13. The maximum absolute atomic E-state index is 8.96. The van der Waals surface area contributed by atoms with Crippen LogP contribution in [0.4, 0.5) is 0 Å². The van der Waals surface area contributed by atoms with Crippen molar-refractivity contribution in [2.24, 2.45) is 0 Å². The van der Waals surface area contributed by atoms with Crippen molar-refractivity contribution in [3.63, 3.8) is 0 Å². The number of imidazole rings is 1. The van der Waals surface area contributed by atoms with E-state index in [9.17, 15) is 0 Å². The maximum Gasteiger partial charge on any atom is 0.137 e. The van der Waals surface area contributed by atoms with Gasteiger partial charge in [-0.2, -0.15) is 5.26 Å². The molecule has 0 saturated carbocycles. The summed E-state index contributed by atoms with van der Waals surface area (Å²) >= 11 is 0. The van der Waals surface area contributed by atoms with Crippen LogP contribution in [0.1, 0.15) is 5.69 Å². The lowest BCUT2D eigenvalue weighted by molar-refractivity contribution is 1.05. The van der Waals surface area contributed by atoms with Crippen molar-refractivity contribution in [2.45, 2.75) is 6.42 Å². The van der Waals surface area contributed by atoms with Gasteiger partial charge in [0.2, 0.25) is 0 Å². The van der Waals surface area contributed by atoms with Gasteiger partial charge in [0.1, 0.15) is 11.3 Å². The smallest absolute Gasteiger partial charge is 0.137 e. The minimum Gasteiger partial charge on any atom is -0.302 e. The van der Waals surface area contributed by atoms with Crippen molar-refractivity contribution in [3.05, 3.63) is 54.5 Å². The summed E-state index contributed by atoms with van der Waals surface area (Å²) in [6.07, 6.45) is 3.97. The zero-order chi connectivity index (χ0) is 12.4. The van der Waals surface area contributed by atoms with Crippen LogP contribution in [0.2, 0.25) is 0 Å². The van der Waals surface area contributed by atoms with Crippen molar-refractivity contribution in [1.29, 1.82) is 5.26 Å². The van der Waals surface area contributed by atoms with Crippen molar-refractivity contribution in [2.75, 3.05) is 0 Å². The predicted molar refractivity (Wildman–Crippen MR) is 67.7 cm³/mol.